The molecule has 0 aromatic heterocycles. The fraction of sp³-hybridized carbons (Fsp3) is 0.364. The van der Waals surface area contributed by atoms with Gasteiger partial charge in [-0.1, -0.05) is 30.7 Å². The maximum atomic E-state index is 11.2. The number of carbonyl (C=O) groups excluding carboxylic acids is 1. The van der Waals surface area contributed by atoms with E-state index in [0.29, 0.717) is 11.4 Å². The molecule has 0 amide bonds. The first kappa shape index (κ1) is 11.5. The molecule has 0 aliphatic carbocycles. The molecule has 14 heavy (non-hydrogen) atoms. The third-order valence-corrected chi connectivity index (χ3v) is 2.77. The lowest BCUT2D eigenvalue weighted by Crippen LogP contribution is -2.06. The van der Waals surface area contributed by atoms with E-state index in [1.165, 1.54) is 0 Å². The second kappa shape index (κ2) is 5.38. The molecule has 0 atom stereocenters. The fourth-order valence-electron chi connectivity index (χ4n) is 1.38. The van der Waals surface area contributed by atoms with Crippen LogP contribution >= 0.6 is 23.2 Å². The van der Waals surface area contributed by atoms with E-state index in [1.807, 2.05) is 19.1 Å². The van der Waals surface area contributed by atoms with Crippen molar-refractivity contribution < 1.29 is 4.79 Å². The minimum atomic E-state index is 0.00877. The number of hydrogen-bond donors (Lipinski definition) is 0. The van der Waals surface area contributed by atoms with Crippen molar-refractivity contribution >= 4 is 29.0 Å². The first-order valence-electron chi connectivity index (χ1n) is 4.53. The van der Waals surface area contributed by atoms with Crippen LogP contribution in [0.1, 0.15) is 18.1 Å². The maximum absolute atomic E-state index is 11.2. The van der Waals surface area contributed by atoms with Gasteiger partial charge in [0.25, 0.3) is 0 Å². The van der Waals surface area contributed by atoms with Crippen molar-refractivity contribution in [2.75, 3.05) is 5.88 Å². The summed E-state index contributed by atoms with van der Waals surface area (Å²) in [6.07, 6.45) is 1.22. The topological polar surface area (TPSA) is 17.1 Å². The van der Waals surface area contributed by atoms with E-state index in [0.717, 1.165) is 17.5 Å². The van der Waals surface area contributed by atoms with E-state index in [4.69, 9.17) is 23.2 Å². The third kappa shape index (κ3) is 2.73. The van der Waals surface area contributed by atoms with Crippen LogP contribution in [-0.2, 0) is 17.6 Å². The van der Waals surface area contributed by atoms with Crippen LogP contribution in [0.3, 0.4) is 0 Å². The number of hydrogen-bond acceptors (Lipinski definition) is 1. The molecule has 3 heteroatoms. The van der Waals surface area contributed by atoms with Gasteiger partial charge in [-0.3, -0.25) is 4.79 Å². The number of benzene rings is 1. The molecule has 76 valence electrons. The average molecular weight is 231 g/mol. The van der Waals surface area contributed by atoms with E-state index in [2.05, 4.69) is 0 Å². The summed E-state index contributed by atoms with van der Waals surface area (Å²) < 4.78 is 0. The number of rotatable bonds is 4. The predicted molar refractivity (Wildman–Crippen MR) is 60.3 cm³/mol. The molecule has 0 heterocycles. The highest BCUT2D eigenvalue weighted by Gasteiger charge is 2.09. The minimum absolute atomic E-state index is 0.00877. The van der Waals surface area contributed by atoms with Gasteiger partial charge in [0.1, 0.15) is 0 Å². The molecule has 0 unspecified atom stereocenters. The summed E-state index contributed by atoms with van der Waals surface area (Å²) >= 11 is 11.5. The molecule has 0 aliphatic rings. The fourth-order valence-corrected chi connectivity index (χ4v) is 1.73. The molecular weight excluding hydrogens is 219 g/mol. The van der Waals surface area contributed by atoms with Gasteiger partial charge >= 0.3 is 0 Å². The van der Waals surface area contributed by atoms with Crippen LogP contribution in [0.15, 0.2) is 18.2 Å². The SMILES string of the molecule is CCc1cccc(Cl)c1CC(=O)CCl. The van der Waals surface area contributed by atoms with E-state index < -0.39 is 0 Å². The molecule has 0 saturated heterocycles. The summed E-state index contributed by atoms with van der Waals surface area (Å²) in [6.45, 7) is 2.04. The number of halogens is 2. The zero-order chi connectivity index (χ0) is 10.6. The minimum Gasteiger partial charge on any atom is -0.298 e. The van der Waals surface area contributed by atoms with Crippen molar-refractivity contribution in [2.24, 2.45) is 0 Å². The van der Waals surface area contributed by atoms with Crippen LogP contribution in [0.4, 0.5) is 0 Å². The third-order valence-electron chi connectivity index (χ3n) is 2.12. The highest BCUT2D eigenvalue weighted by Crippen LogP contribution is 2.21. The monoisotopic (exact) mass is 230 g/mol. The summed E-state index contributed by atoms with van der Waals surface area (Å²) in [7, 11) is 0. The van der Waals surface area contributed by atoms with Gasteiger partial charge in [0, 0.05) is 11.4 Å². The Labute approximate surface area is 94.0 Å². The van der Waals surface area contributed by atoms with Crippen molar-refractivity contribution in [1.29, 1.82) is 0 Å². The molecule has 0 N–H and O–H groups in total. The van der Waals surface area contributed by atoms with Crippen LogP contribution in [0.5, 0.6) is 0 Å². The van der Waals surface area contributed by atoms with Crippen LogP contribution in [0, 0.1) is 0 Å². The average Bonchev–Trinajstić information content (AvgIpc) is 2.20. The predicted octanol–water partition coefficient (Wildman–Crippen LogP) is 3.25. The number of carbonyl (C=O) groups is 1. The molecule has 0 bridgehead atoms. The van der Waals surface area contributed by atoms with Crippen LogP contribution in [0.2, 0.25) is 5.02 Å². The maximum Gasteiger partial charge on any atom is 0.152 e. The molecule has 0 saturated carbocycles. The number of alkyl halides is 1. The summed E-state index contributed by atoms with van der Waals surface area (Å²) in [6, 6.07) is 5.69. The number of Topliss-reactive ketones (excluding diaryl/α,β-unsaturated/α-hetero) is 1. The van der Waals surface area contributed by atoms with Gasteiger partial charge in [0.15, 0.2) is 5.78 Å². The highest BCUT2D eigenvalue weighted by molar-refractivity contribution is 6.32. The lowest BCUT2D eigenvalue weighted by molar-refractivity contribution is -0.116. The van der Waals surface area contributed by atoms with Crippen LogP contribution in [-0.4, -0.2) is 11.7 Å². The molecule has 0 aliphatic heterocycles. The van der Waals surface area contributed by atoms with E-state index in [9.17, 15) is 4.79 Å². The lowest BCUT2D eigenvalue weighted by atomic mass is 10.0. The Morgan fingerprint density at radius 3 is 2.71 bits per heavy atom. The van der Waals surface area contributed by atoms with E-state index in [1.54, 1.807) is 6.07 Å². The smallest absolute Gasteiger partial charge is 0.152 e. The summed E-state index contributed by atoms with van der Waals surface area (Å²) in [5.41, 5.74) is 2.04. The van der Waals surface area contributed by atoms with Crippen molar-refractivity contribution in [3.63, 3.8) is 0 Å². The Morgan fingerprint density at radius 1 is 1.43 bits per heavy atom. The summed E-state index contributed by atoms with van der Waals surface area (Å²) in [4.78, 5) is 11.2. The van der Waals surface area contributed by atoms with Crippen molar-refractivity contribution in [3.8, 4) is 0 Å². The molecular formula is C11H12Cl2O. The zero-order valence-electron chi connectivity index (χ0n) is 8.02. The molecule has 1 nitrogen and oxygen atoms in total. The molecule has 1 aromatic rings. The van der Waals surface area contributed by atoms with Gasteiger partial charge in [-0.15, -0.1) is 11.6 Å². The number of aryl methyl sites for hydroxylation is 1. The van der Waals surface area contributed by atoms with E-state index in [-0.39, 0.29) is 11.7 Å². The Hall–Kier alpha value is -0.530. The molecule has 1 aromatic carbocycles. The Bertz CT molecular complexity index is 334. The van der Waals surface area contributed by atoms with Gasteiger partial charge in [0.05, 0.1) is 5.88 Å². The van der Waals surface area contributed by atoms with Crippen molar-refractivity contribution in [3.05, 3.63) is 34.3 Å². The number of ketones is 1. The van der Waals surface area contributed by atoms with Gasteiger partial charge in [-0.25, -0.2) is 0 Å². The second-order valence-corrected chi connectivity index (χ2v) is 3.75. The lowest BCUT2D eigenvalue weighted by Gasteiger charge is -2.08. The highest BCUT2D eigenvalue weighted by atomic mass is 35.5. The second-order valence-electron chi connectivity index (χ2n) is 3.08. The van der Waals surface area contributed by atoms with Gasteiger partial charge in [-0.2, -0.15) is 0 Å². The normalized spacial score (nSPS) is 10.2. The van der Waals surface area contributed by atoms with Crippen molar-refractivity contribution in [1.82, 2.24) is 0 Å². The van der Waals surface area contributed by atoms with Gasteiger partial charge in [-0.05, 0) is 23.6 Å². The summed E-state index contributed by atoms with van der Waals surface area (Å²) in [5, 5.41) is 0.655. The van der Waals surface area contributed by atoms with Crippen LogP contribution < -0.4 is 0 Å². The molecule has 1 rings (SSSR count). The van der Waals surface area contributed by atoms with E-state index >= 15 is 0 Å². The Kier molecular flexibility index (Phi) is 4.43. The molecule has 0 radical (unpaired) electrons. The zero-order valence-corrected chi connectivity index (χ0v) is 9.53. The van der Waals surface area contributed by atoms with Crippen LogP contribution in [0.25, 0.3) is 0 Å². The quantitative estimate of drug-likeness (QED) is 0.727. The first-order chi connectivity index (χ1) is 6.69. The first-order valence-corrected chi connectivity index (χ1v) is 5.44. The standard InChI is InChI=1S/C11H12Cl2O/c1-2-8-4-3-5-11(13)10(8)6-9(14)7-12/h3-5H,2,6-7H2,1H3. The molecule has 0 fully saturated rings. The van der Waals surface area contributed by atoms with Gasteiger partial charge < -0.3 is 0 Å². The van der Waals surface area contributed by atoms with Gasteiger partial charge in [0.2, 0.25) is 0 Å². The van der Waals surface area contributed by atoms with Crippen molar-refractivity contribution in [2.45, 2.75) is 19.8 Å². The largest absolute Gasteiger partial charge is 0.298 e. The molecule has 0 spiro atoms. The Balaban J connectivity index is 2.98. The Morgan fingerprint density at radius 2 is 2.14 bits per heavy atom. The summed E-state index contributed by atoms with van der Waals surface area (Å²) in [5.74, 6) is 0.0587.